The maximum Gasteiger partial charge on any atom is 0.434 e. The summed E-state index contributed by atoms with van der Waals surface area (Å²) in [5, 5.41) is 9.66. The van der Waals surface area contributed by atoms with Crippen LogP contribution in [0, 0.1) is 0 Å². The van der Waals surface area contributed by atoms with Crippen molar-refractivity contribution < 1.29 is 18.0 Å². The first-order valence-corrected chi connectivity index (χ1v) is 9.03. The molecule has 1 aromatic heterocycles. The Kier molecular flexibility index (Phi) is 10.2. The Morgan fingerprint density at radius 1 is 1.18 bits per heavy atom. The Labute approximate surface area is 182 Å². The number of hydrogen-bond donors (Lipinski definition) is 3. The summed E-state index contributed by atoms with van der Waals surface area (Å²) in [6.07, 6.45) is -3.72. The van der Waals surface area contributed by atoms with E-state index in [9.17, 15) is 18.0 Å². The van der Waals surface area contributed by atoms with Gasteiger partial charge in [-0.1, -0.05) is 30.3 Å². The minimum absolute atomic E-state index is 0. The van der Waals surface area contributed by atoms with Gasteiger partial charge in [-0.25, -0.2) is 4.98 Å². The van der Waals surface area contributed by atoms with Gasteiger partial charge in [-0.2, -0.15) is 13.2 Å². The van der Waals surface area contributed by atoms with Crippen LogP contribution in [0.3, 0.4) is 0 Å². The summed E-state index contributed by atoms with van der Waals surface area (Å²) < 4.78 is 37.6. The van der Waals surface area contributed by atoms with Gasteiger partial charge >= 0.3 is 6.18 Å². The summed E-state index contributed by atoms with van der Waals surface area (Å²) in [5.41, 5.74) is 0.218. The highest BCUT2D eigenvalue weighted by molar-refractivity contribution is 14.0. The van der Waals surface area contributed by atoms with Crippen molar-refractivity contribution in [3.63, 3.8) is 0 Å². The number of hydrogen-bond acceptors (Lipinski definition) is 4. The van der Waals surface area contributed by atoms with Crippen LogP contribution >= 0.6 is 35.3 Å². The zero-order valence-electron chi connectivity index (χ0n) is 15.0. The number of nitrogens with zero attached hydrogens (tertiary/aromatic N) is 2. The van der Waals surface area contributed by atoms with Gasteiger partial charge in [0, 0.05) is 19.0 Å². The first kappa shape index (κ1) is 24.1. The summed E-state index contributed by atoms with van der Waals surface area (Å²) in [6, 6.07) is 9.78. The van der Waals surface area contributed by atoms with E-state index in [0.717, 1.165) is 28.7 Å². The van der Waals surface area contributed by atoms with E-state index in [0.29, 0.717) is 12.5 Å². The van der Waals surface area contributed by atoms with E-state index in [1.807, 2.05) is 30.3 Å². The molecule has 6 nitrogen and oxygen atoms in total. The number of benzene rings is 1. The van der Waals surface area contributed by atoms with E-state index < -0.39 is 11.9 Å². The fourth-order valence-corrected chi connectivity index (χ4v) is 2.86. The minimum atomic E-state index is -4.45. The van der Waals surface area contributed by atoms with E-state index >= 15 is 0 Å². The molecule has 1 amide bonds. The molecule has 0 bridgehead atoms. The molecule has 2 rings (SSSR count). The number of halogens is 4. The second-order valence-corrected chi connectivity index (χ2v) is 6.43. The Morgan fingerprint density at radius 3 is 2.50 bits per heavy atom. The Morgan fingerprint density at radius 2 is 1.89 bits per heavy atom. The molecule has 0 spiro atoms. The molecule has 0 aliphatic heterocycles. The van der Waals surface area contributed by atoms with E-state index in [4.69, 9.17) is 0 Å². The third kappa shape index (κ3) is 8.42. The molecule has 0 atom stereocenters. The van der Waals surface area contributed by atoms with Crippen LogP contribution in [0.2, 0.25) is 0 Å². The summed E-state index contributed by atoms with van der Waals surface area (Å²) >= 11 is 0.907. The number of nitrogens with one attached hydrogen (secondary N) is 3. The highest BCUT2D eigenvalue weighted by Crippen LogP contribution is 2.29. The van der Waals surface area contributed by atoms with Crippen LogP contribution in [0.25, 0.3) is 0 Å². The van der Waals surface area contributed by atoms with Crippen LogP contribution in [0.5, 0.6) is 0 Å². The van der Waals surface area contributed by atoms with Crippen LogP contribution in [0.4, 0.5) is 13.2 Å². The first-order chi connectivity index (χ1) is 12.9. The number of carbonyl (C=O) groups is 1. The number of amides is 1. The van der Waals surface area contributed by atoms with Crippen LogP contribution in [-0.2, 0) is 23.9 Å². The molecular weight excluding hydrogens is 506 g/mol. The molecule has 0 saturated carbocycles. The number of thiazole rings is 1. The molecular formula is C17H21F3IN5OS. The second-order valence-electron chi connectivity index (χ2n) is 5.49. The average molecular weight is 527 g/mol. The molecule has 1 heterocycles. The lowest BCUT2D eigenvalue weighted by molar-refractivity contribution is -0.140. The molecule has 0 fully saturated rings. The monoisotopic (exact) mass is 527 g/mol. The van der Waals surface area contributed by atoms with Crippen molar-refractivity contribution in [3.8, 4) is 0 Å². The van der Waals surface area contributed by atoms with Gasteiger partial charge in [0.1, 0.15) is 5.01 Å². The zero-order chi connectivity index (χ0) is 19.7. The van der Waals surface area contributed by atoms with Crippen molar-refractivity contribution in [2.45, 2.75) is 19.1 Å². The van der Waals surface area contributed by atoms with Gasteiger partial charge in [0.05, 0.1) is 13.1 Å². The largest absolute Gasteiger partial charge is 0.434 e. The number of aliphatic imine (C=N–C) groups is 1. The Bertz CT molecular complexity index is 768. The van der Waals surface area contributed by atoms with Crippen molar-refractivity contribution in [2.75, 3.05) is 20.1 Å². The Balaban J connectivity index is 0.00000392. The number of aromatic nitrogens is 1. The number of carbonyl (C=O) groups excluding carboxylic acids is 1. The smallest absolute Gasteiger partial charge is 0.354 e. The molecule has 11 heteroatoms. The topological polar surface area (TPSA) is 78.4 Å². The van der Waals surface area contributed by atoms with Crippen molar-refractivity contribution >= 4 is 47.2 Å². The predicted octanol–water partition coefficient (Wildman–Crippen LogP) is 2.80. The predicted molar refractivity (Wildman–Crippen MR) is 114 cm³/mol. The maximum atomic E-state index is 12.5. The molecule has 0 saturated heterocycles. The number of guanidine groups is 1. The molecule has 1 aromatic carbocycles. The van der Waals surface area contributed by atoms with E-state index in [-0.39, 0.29) is 48.0 Å². The molecule has 28 heavy (non-hydrogen) atoms. The summed E-state index contributed by atoms with van der Waals surface area (Å²) in [7, 11) is 1.51. The normalized spacial score (nSPS) is 11.5. The lowest BCUT2D eigenvalue weighted by atomic mass is 10.1. The van der Waals surface area contributed by atoms with Gasteiger partial charge in [0.2, 0.25) is 5.91 Å². The van der Waals surface area contributed by atoms with E-state index in [1.165, 1.54) is 7.05 Å². The SMILES string of the molecule is CN=C(NCC(=O)NCCc1ccccc1)NCc1nc(C(F)(F)F)cs1.I. The summed E-state index contributed by atoms with van der Waals surface area (Å²) in [6.45, 7) is 0.589. The van der Waals surface area contributed by atoms with E-state index in [1.54, 1.807) is 0 Å². The fourth-order valence-electron chi connectivity index (χ4n) is 2.12. The fraction of sp³-hybridized carbons (Fsp3) is 0.353. The summed E-state index contributed by atoms with van der Waals surface area (Å²) in [5.74, 6) is 0.0967. The quantitative estimate of drug-likeness (QED) is 0.294. The molecule has 2 aromatic rings. The maximum absolute atomic E-state index is 12.5. The van der Waals surface area contributed by atoms with Crippen molar-refractivity contribution in [2.24, 2.45) is 4.99 Å². The van der Waals surface area contributed by atoms with Gasteiger partial charge in [0.25, 0.3) is 0 Å². The average Bonchev–Trinajstić information content (AvgIpc) is 3.12. The van der Waals surface area contributed by atoms with Crippen LogP contribution in [0.1, 0.15) is 16.3 Å². The number of alkyl halides is 3. The molecule has 3 N–H and O–H groups in total. The van der Waals surface area contributed by atoms with Crippen LogP contribution in [-0.4, -0.2) is 37.0 Å². The minimum Gasteiger partial charge on any atom is -0.354 e. The molecule has 0 unspecified atom stereocenters. The van der Waals surface area contributed by atoms with Crippen molar-refractivity contribution in [1.82, 2.24) is 20.9 Å². The highest BCUT2D eigenvalue weighted by atomic mass is 127. The lowest BCUT2D eigenvalue weighted by Gasteiger charge is -2.11. The van der Waals surface area contributed by atoms with Gasteiger partial charge in [-0.05, 0) is 12.0 Å². The van der Waals surface area contributed by atoms with Gasteiger partial charge < -0.3 is 16.0 Å². The van der Waals surface area contributed by atoms with Gasteiger partial charge in [-0.15, -0.1) is 35.3 Å². The first-order valence-electron chi connectivity index (χ1n) is 8.15. The lowest BCUT2D eigenvalue weighted by Crippen LogP contribution is -2.43. The molecule has 154 valence electrons. The van der Waals surface area contributed by atoms with Crippen molar-refractivity contribution in [1.29, 1.82) is 0 Å². The van der Waals surface area contributed by atoms with Crippen LogP contribution < -0.4 is 16.0 Å². The standard InChI is InChI=1S/C17H20F3N5OS.HI/c1-21-16(24-10-15-25-13(11-27-15)17(18,19)20)23-9-14(26)22-8-7-12-5-3-2-4-6-12;/h2-6,11H,7-10H2,1H3,(H,22,26)(H2,21,23,24);1H. The second kappa shape index (κ2) is 11.8. The molecule has 0 aliphatic carbocycles. The molecule has 0 aliphatic rings. The highest BCUT2D eigenvalue weighted by Gasteiger charge is 2.33. The third-order valence-electron chi connectivity index (χ3n) is 3.47. The zero-order valence-corrected chi connectivity index (χ0v) is 18.2. The van der Waals surface area contributed by atoms with Gasteiger partial charge in [0.15, 0.2) is 11.7 Å². The Hall–Kier alpha value is -1.89. The van der Waals surface area contributed by atoms with Crippen LogP contribution in [0.15, 0.2) is 40.7 Å². The third-order valence-corrected chi connectivity index (χ3v) is 4.32. The van der Waals surface area contributed by atoms with Crippen molar-refractivity contribution in [3.05, 3.63) is 52.0 Å². The molecule has 0 radical (unpaired) electrons. The number of rotatable bonds is 7. The van der Waals surface area contributed by atoms with Gasteiger partial charge in [-0.3, -0.25) is 9.79 Å². The summed E-state index contributed by atoms with van der Waals surface area (Å²) in [4.78, 5) is 19.3. The van der Waals surface area contributed by atoms with E-state index in [2.05, 4.69) is 25.9 Å².